The summed E-state index contributed by atoms with van der Waals surface area (Å²) in [4.78, 5) is 0. The van der Waals surface area contributed by atoms with Crippen molar-refractivity contribution in [3.05, 3.63) is 70.5 Å². The SMILES string of the molecule is C#Cc1ccc(Cc2cc(C3CC(O)CC(CO)O3)ccc2F)cc1. The Labute approximate surface area is 147 Å². The molecule has 0 bridgehead atoms. The van der Waals surface area contributed by atoms with Gasteiger partial charge in [-0.05, 0) is 41.0 Å². The summed E-state index contributed by atoms with van der Waals surface area (Å²) in [6.07, 6.45) is 5.40. The molecule has 3 nitrogen and oxygen atoms in total. The predicted octanol–water partition coefficient (Wildman–Crippen LogP) is 2.97. The quantitative estimate of drug-likeness (QED) is 0.842. The van der Waals surface area contributed by atoms with Gasteiger partial charge in [0.25, 0.3) is 0 Å². The van der Waals surface area contributed by atoms with E-state index in [1.807, 2.05) is 24.3 Å². The monoisotopic (exact) mass is 340 g/mol. The molecule has 3 atom stereocenters. The van der Waals surface area contributed by atoms with Crippen molar-refractivity contribution in [1.82, 2.24) is 0 Å². The second-order valence-electron chi connectivity index (χ2n) is 6.42. The second kappa shape index (κ2) is 7.79. The first kappa shape index (κ1) is 17.6. The summed E-state index contributed by atoms with van der Waals surface area (Å²) in [7, 11) is 0. The van der Waals surface area contributed by atoms with Crippen molar-refractivity contribution in [2.45, 2.75) is 37.6 Å². The van der Waals surface area contributed by atoms with Crippen LogP contribution < -0.4 is 0 Å². The number of terminal acetylenes is 1. The Morgan fingerprint density at radius 2 is 1.92 bits per heavy atom. The van der Waals surface area contributed by atoms with Gasteiger partial charge in [-0.15, -0.1) is 6.42 Å². The van der Waals surface area contributed by atoms with Gasteiger partial charge in [0.05, 0.1) is 24.9 Å². The van der Waals surface area contributed by atoms with Gasteiger partial charge in [0.2, 0.25) is 0 Å². The summed E-state index contributed by atoms with van der Waals surface area (Å²) in [6.45, 7) is -0.136. The number of hydrogen-bond donors (Lipinski definition) is 2. The molecule has 1 heterocycles. The van der Waals surface area contributed by atoms with Crippen molar-refractivity contribution in [2.75, 3.05) is 6.61 Å². The maximum absolute atomic E-state index is 14.2. The summed E-state index contributed by atoms with van der Waals surface area (Å²) in [5.41, 5.74) is 3.13. The molecule has 0 spiro atoms. The standard InChI is InChI=1S/C21H21FO3/c1-2-14-3-5-15(6-4-14)9-17-10-16(7-8-20(17)22)21-12-18(24)11-19(13-23)25-21/h1,3-8,10,18-19,21,23-24H,9,11-13H2. The highest BCUT2D eigenvalue weighted by Gasteiger charge is 2.29. The molecule has 0 aliphatic carbocycles. The topological polar surface area (TPSA) is 49.7 Å². The third-order valence-electron chi connectivity index (χ3n) is 4.54. The molecule has 0 radical (unpaired) electrons. The van der Waals surface area contributed by atoms with Crippen LogP contribution in [-0.2, 0) is 11.2 Å². The van der Waals surface area contributed by atoms with Gasteiger partial charge in [0.15, 0.2) is 0 Å². The van der Waals surface area contributed by atoms with Gasteiger partial charge in [-0.3, -0.25) is 0 Å². The molecule has 3 unspecified atom stereocenters. The van der Waals surface area contributed by atoms with Gasteiger partial charge in [-0.1, -0.05) is 24.1 Å². The molecular weight excluding hydrogens is 319 g/mol. The van der Waals surface area contributed by atoms with Gasteiger partial charge in [-0.25, -0.2) is 4.39 Å². The van der Waals surface area contributed by atoms with Crippen molar-refractivity contribution in [3.8, 4) is 12.3 Å². The zero-order chi connectivity index (χ0) is 17.8. The largest absolute Gasteiger partial charge is 0.394 e. The van der Waals surface area contributed by atoms with E-state index in [4.69, 9.17) is 11.2 Å². The molecule has 1 saturated heterocycles. The third-order valence-corrected chi connectivity index (χ3v) is 4.54. The van der Waals surface area contributed by atoms with Crippen LogP contribution in [0.3, 0.4) is 0 Å². The highest BCUT2D eigenvalue weighted by atomic mass is 19.1. The van der Waals surface area contributed by atoms with E-state index < -0.39 is 12.2 Å². The average molecular weight is 340 g/mol. The molecule has 2 aromatic carbocycles. The van der Waals surface area contributed by atoms with Crippen LogP contribution in [-0.4, -0.2) is 29.0 Å². The van der Waals surface area contributed by atoms with E-state index >= 15 is 0 Å². The maximum atomic E-state index is 14.2. The number of hydrogen-bond acceptors (Lipinski definition) is 3. The maximum Gasteiger partial charge on any atom is 0.126 e. The Bertz CT molecular complexity index is 764. The van der Waals surface area contributed by atoms with E-state index in [2.05, 4.69) is 5.92 Å². The highest BCUT2D eigenvalue weighted by Crippen LogP contribution is 2.32. The molecule has 3 rings (SSSR count). The molecule has 0 saturated carbocycles. The first-order chi connectivity index (χ1) is 12.1. The summed E-state index contributed by atoms with van der Waals surface area (Å²) < 4.78 is 20.0. The minimum Gasteiger partial charge on any atom is -0.394 e. The fourth-order valence-electron chi connectivity index (χ4n) is 3.19. The Morgan fingerprint density at radius 3 is 2.60 bits per heavy atom. The number of ether oxygens (including phenoxy) is 1. The zero-order valence-corrected chi connectivity index (χ0v) is 13.9. The van der Waals surface area contributed by atoms with Crippen molar-refractivity contribution >= 4 is 0 Å². The van der Waals surface area contributed by atoms with E-state index in [0.29, 0.717) is 24.8 Å². The van der Waals surface area contributed by atoms with E-state index in [9.17, 15) is 14.6 Å². The average Bonchev–Trinajstić information content (AvgIpc) is 2.63. The smallest absolute Gasteiger partial charge is 0.126 e. The highest BCUT2D eigenvalue weighted by molar-refractivity contribution is 5.37. The third kappa shape index (κ3) is 4.26. The predicted molar refractivity (Wildman–Crippen MR) is 93.5 cm³/mol. The zero-order valence-electron chi connectivity index (χ0n) is 13.9. The minimum absolute atomic E-state index is 0.136. The lowest BCUT2D eigenvalue weighted by molar-refractivity contribution is -0.113. The Balaban J connectivity index is 1.81. The number of aliphatic hydroxyl groups is 2. The fraction of sp³-hybridized carbons (Fsp3) is 0.333. The van der Waals surface area contributed by atoms with Gasteiger partial charge < -0.3 is 14.9 Å². The Hall–Kier alpha value is -2.19. The molecule has 2 N–H and O–H groups in total. The lowest BCUT2D eigenvalue weighted by Gasteiger charge is -2.32. The number of aliphatic hydroxyl groups excluding tert-OH is 2. The van der Waals surface area contributed by atoms with Crippen molar-refractivity contribution < 1.29 is 19.3 Å². The Morgan fingerprint density at radius 1 is 1.16 bits per heavy atom. The van der Waals surface area contributed by atoms with Crippen LogP contribution >= 0.6 is 0 Å². The minimum atomic E-state index is -0.527. The number of halogens is 1. The van der Waals surface area contributed by atoms with Crippen LogP contribution in [0, 0.1) is 18.2 Å². The van der Waals surface area contributed by atoms with Gasteiger partial charge in [0, 0.05) is 24.8 Å². The summed E-state index contributed by atoms with van der Waals surface area (Å²) in [5, 5.41) is 19.3. The van der Waals surface area contributed by atoms with Crippen molar-refractivity contribution in [1.29, 1.82) is 0 Å². The molecule has 1 aliphatic heterocycles. The summed E-state index contributed by atoms with van der Waals surface area (Å²) in [6, 6.07) is 12.3. The number of rotatable bonds is 4. The van der Waals surface area contributed by atoms with Crippen LogP contribution in [0.5, 0.6) is 0 Å². The lowest BCUT2D eigenvalue weighted by Crippen LogP contribution is -2.33. The van der Waals surface area contributed by atoms with Crippen LogP contribution in [0.4, 0.5) is 4.39 Å². The summed E-state index contributed by atoms with van der Waals surface area (Å²) >= 11 is 0. The van der Waals surface area contributed by atoms with E-state index in [1.54, 1.807) is 12.1 Å². The van der Waals surface area contributed by atoms with Gasteiger partial charge in [-0.2, -0.15) is 0 Å². The van der Waals surface area contributed by atoms with E-state index in [1.165, 1.54) is 6.07 Å². The van der Waals surface area contributed by atoms with Crippen LogP contribution in [0.15, 0.2) is 42.5 Å². The molecule has 1 aliphatic rings. The Kier molecular flexibility index (Phi) is 5.50. The first-order valence-electron chi connectivity index (χ1n) is 8.37. The van der Waals surface area contributed by atoms with Crippen molar-refractivity contribution in [3.63, 3.8) is 0 Å². The molecule has 0 amide bonds. The molecular formula is C21H21FO3. The van der Waals surface area contributed by atoms with Crippen LogP contribution in [0.25, 0.3) is 0 Å². The molecule has 2 aromatic rings. The van der Waals surface area contributed by atoms with Crippen LogP contribution in [0.2, 0.25) is 0 Å². The molecule has 25 heavy (non-hydrogen) atoms. The molecule has 0 aromatic heterocycles. The first-order valence-corrected chi connectivity index (χ1v) is 8.37. The summed E-state index contributed by atoms with van der Waals surface area (Å²) in [5.74, 6) is 2.28. The number of benzene rings is 2. The second-order valence-corrected chi connectivity index (χ2v) is 6.42. The van der Waals surface area contributed by atoms with E-state index in [-0.39, 0.29) is 18.5 Å². The molecule has 130 valence electrons. The van der Waals surface area contributed by atoms with E-state index in [0.717, 1.165) is 16.7 Å². The van der Waals surface area contributed by atoms with Crippen molar-refractivity contribution in [2.24, 2.45) is 0 Å². The van der Waals surface area contributed by atoms with Gasteiger partial charge in [0.1, 0.15) is 5.82 Å². The fourth-order valence-corrected chi connectivity index (χ4v) is 3.19. The van der Waals surface area contributed by atoms with Gasteiger partial charge >= 0.3 is 0 Å². The normalized spacial score (nSPS) is 23.2. The molecule has 4 heteroatoms. The lowest BCUT2D eigenvalue weighted by atomic mass is 9.93. The van der Waals surface area contributed by atoms with Crippen LogP contribution in [0.1, 0.15) is 41.2 Å². The molecule has 1 fully saturated rings.